The summed E-state index contributed by atoms with van der Waals surface area (Å²) >= 11 is 0. The number of rotatable bonds is 5. The number of nitrogens with zero attached hydrogens (tertiary/aromatic N) is 2. The molecule has 1 aliphatic rings. The van der Waals surface area contributed by atoms with Gasteiger partial charge in [-0.2, -0.15) is 0 Å². The third-order valence-corrected chi connectivity index (χ3v) is 5.79. The fourth-order valence-corrected chi connectivity index (χ4v) is 4.33. The van der Waals surface area contributed by atoms with Crippen molar-refractivity contribution in [1.29, 1.82) is 0 Å². The highest BCUT2D eigenvalue weighted by Gasteiger charge is 2.29. The van der Waals surface area contributed by atoms with Crippen molar-refractivity contribution in [2.24, 2.45) is 0 Å². The third-order valence-electron chi connectivity index (χ3n) is 4.02. The highest BCUT2D eigenvalue weighted by atomic mass is 32.2. The zero-order valence-electron chi connectivity index (χ0n) is 14.5. The molecule has 1 atom stereocenters. The van der Waals surface area contributed by atoms with E-state index in [1.165, 1.54) is 19.5 Å². The van der Waals surface area contributed by atoms with Crippen molar-refractivity contribution in [1.82, 2.24) is 15.3 Å². The van der Waals surface area contributed by atoms with Crippen LogP contribution in [0.3, 0.4) is 0 Å². The molecular weight excluding hydrogens is 372 g/mol. The van der Waals surface area contributed by atoms with Gasteiger partial charge in [0.05, 0.1) is 29.7 Å². The fourth-order valence-electron chi connectivity index (χ4n) is 2.66. The highest BCUT2D eigenvalue weighted by molar-refractivity contribution is 7.91. The molecule has 2 N–H and O–H groups in total. The molecule has 27 heavy (non-hydrogen) atoms. The zero-order valence-corrected chi connectivity index (χ0v) is 15.3. The van der Waals surface area contributed by atoms with E-state index >= 15 is 0 Å². The Morgan fingerprint density at radius 1 is 1.19 bits per heavy atom. The number of ether oxygens (including phenoxy) is 1. The van der Waals surface area contributed by atoms with Gasteiger partial charge < -0.3 is 15.4 Å². The largest absolute Gasteiger partial charge is 0.465 e. The average Bonchev–Trinajstić information content (AvgIpc) is 3.00. The van der Waals surface area contributed by atoms with Gasteiger partial charge in [0, 0.05) is 24.1 Å². The molecule has 1 amide bonds. The molecule has 0 bridgehead atoms. The average molecular weight is 390 g/mol. The lowest BCUT2D eigenvalue weighted by atomic mass is 10.2. The summed E-state index contributed by atoms with van der Waals surface area (Å²) in [6.07, 6.45) is 3.10. The van der Waals surface area contributed by atoms with Crippen LogP contribution in [0.1, 0.15) is 27.1 Å². The van der Waals surface area contributed by atoms with Gasteiger partial charge >= 0.3 is 5.97 Å². The molecule has 2 heterocycles. The molecule has 1 aliphatic heterocycles. The molecule has 0 spiro atoms. The molecule has 0 aliphatic carbocycles. The van der Waals surface area contributed by atoms with E-state index in [0.29, 0.717) is 17.7 Å². The Kier molecular flexibility index (Phi) is 5.36. The van der Waals surface area contributed by atoms with E-state index in [9.17, 15) is 18.0 Å². The quantitative estimate of drug-likeness (QED) is 0.722. The maximum absolute atomic E-state index is 12.2. The van der Waals surface area contributed by atoms with Gasteiger partial charge in [-0.25, -0.2) is 23.2 Å². The summed E-state index contributed by atoms with van der Waals surface area (Å²) < 4.78 is 27.6. The van der Waals surface area contributed by atoms with Gasteiger partial charge in [0.15, 0.2) is 9.84 Å². The number of anilines is 2. The number of sulfone groups is 1. The predicted molar refractivity (Wildman–Crippen MR) is 97.6 cm³/mol. The van der Waals surface area contributed by atoms with Crippen molar-refractivity contribution in [2.45, 2.75) is 12.5 Å². The maximum Gasteiger partial charge on any atom is 0.337 e. The lowest BCUT2D eigenvalue weighted by Crippen LogP contribution is -2.35. The van der Waals surface area contributed by atoms with Gasteiger partial charge in [-0.15, -0.1) is 0 Å². The maximum atomic E-state index is 12.2. The molecule has 0 radical (unpaired) electrons. The number of methoxy groups -OCH3 is 1. The van der Waals surface area contributed by atoms with Gasteiger partial charge in [0.2, 0.25) is 5.95 Å². The monoisotopic (exact) mass is 390 g/mol. The van der Waals surface area contributed by atoms with Crippen molar-refractivity contribution < 1.29 is 22.7 Å². The van der Waals surface area contributed by atoms with Crippen molar-refractivity contribution in [3.05, 3.63) is 47.8 Å². The Balaban J connectivity index is 1.63. The number of carbonyl (C=O) groups excluding carboxylic acids is 2. The SMILES string of the molecule is COC(=O)c1cccc(Nc2ncc(C(=O)NC3CCS(=O)(=O)C3)cn2)c1. The van der Waals surface area contributed by atoms with Gasteiger partial charge in [0.1, 0.15) is 0 Å². The summed E-state index contributed by atoms with van der Waals surface area (Å²) in [7, 11) is -1.76. The number of benzene rings is 1. The number of amides is 1. The van der Waals surface area contributed by atoms with Crippen molar-refractivity contribution >= 4 is 33.3 Å². The standard InChI is InChI=1S/C17H18N4O5S/c1-26-16(23)11-3-2-4-13(7-11)21-17-18-8-12(9-19-17)15(22)20-14-5-6-27(24,25)10-14/h2-4,7-9,14H,5-6,10H2,1H3,(H,20,22)(H,18,19,21). The minimum Gasteiger partial charge on any atom is -0.465 e. The van der Waals surface area contributed by atoms with Crippen LogP contribution in [0.5, 0.6) is 0 Å². The summed E-state index contributed by atoms with van der Waals surface area (Å²) in [6.45, 7) is 0. The van der Waals surface area contributed by atoms with E-state index in [1.807, 2.05) is 0 Å². The summed E-state index contributed by atoms with van der Waals surface area (Å²) in [5.74, 6) is -0.591. The molecule has 142 valence electrons. The summed E-state index contributed by atoms with van der Waals surface area (Å²) in [4.78, 5) is 31.9. The number of nitrogens with one attached hydrogen (secondary N) is 2. The molecular formula is C17H18N4O5S. The van der Waals surface area contributed by atoms with Crippen LogP contribution in [0.4, 0.5) is 11.6 Å². The molecule has 10 heteroatoms. The number of carbonyl (C=O) groups is 2. The minimum atomic E-state index is -3.07. The van der Waals surface area contributed by atoms with Crippen LogP contribution in [0.15, 0.2) is 36.7 Å². The molecule has 0 saturated carbocycles. The van der Waals surface area contributed by atoms with Gasteiger partial charge in [-0.05, 0) is 24.6 Å². The Hall–Kier alpha value is -3.01. The smallest absolute Gasteiger partial charge is 0.337 e. The van der Waals surface area contributed by atoms with Crippen LogP contribution in [0.25, 0.3) is 0 Å². The predicted octanol–water partition coefficient (Wildman–Crippen LogP) is 0.924. The fraction of sp³-hybridized carbons (Fsp3) is 0.294. The normalized spacial score (nSPS) is 17.9. The molecule has 2 aromatic rings. The topological polar surface area (TPSA) is 127 Å². The lowest BCUT2D eigenvalue weighted by Gasteiger charge is -2.11. The van der Waals surface area contributed by atoms with Gasteiger partial charge in [-0.3, -0.25) is 4.79 Å². The minimum absolute atomic E-state index is 0.0459. The number of hydrogen-bond acceptors (Lipinski definition) is 8. The Morgan fingerprint density at radius 3 is 2.56 bits per heavy atom. The number of aromatic nitrogens is 2. The van der Waals surface area contributed by atoms with E-state index in [4.69, 9.17) is 0 Å². The van der Waals surface area contributed by atoms with Crippen molar-refractivity contribution in [3.63, 3.8) is 0 Å². The van der Waals surface area contributed by atoms with Crippen LogP contribution in [0, 0.1) is 0 Å². The summed E-state index contributed by atoms with van der Waals surface area (Å²) in [6, 6.07) is 6.25. The van der Waals surface area contributed by atoms with Gasteiger partial charge in [-0.1, -0.05) is 6.07 Å². The summed E-state index contributed by atoms with van der Waals surface area (Å²) in [5, 5.41) is 5.61. The molecule has 1 unspecified atom stereocenters. The molecule has 3 rings (SSSR count). The lowest BCUT2D eigenvalue weighted by molar-refractivity contribution is 0.0600. The van der Waals surface area contributed by atoms with E-state index in [0.717, 1.165) is 0 Å². The van der Waals surface area contributed by atoms with Crippen LogP contribution >= 0.6 is 0 Å². The molecule has 1 aromatic heterocycles. The second-order valence-electron chi connectivity index (χ2n) is 6.07. The van der Waals surface area contributed by atoms with E-state index < -0.39 is 21.7 Å². The number of esters is 1. The Bertz CT molecular complexity index is 960. The van der Waals surface area contributed by atoms with Crippen molar-refractivity contribution in [2.75, 3.05) is 23.9 Å². The molecule has 9 nitrogen and oxygen atoms in total. The van der Waals surface area contributed by atoms with Crippen LogP contribution in [-0.2, 0) is 14.6 Å². The second-order valence-corrected chi connectivity index (χ2v) is 8.29. The Labute approximate surface area is 156 Å². The van der Waals surface area contributed by atoms with Crippen molar-refractivity contribution in [3.8, 4) is 0 Å². The first-order chi connectivity index (χ1) is 12.9. The third kappa shape index (κ3) is 4.79. The number of hydrogen-bond donors (Lipinski definition) is 2. The molecule has 1 fully saturated rings. The van der Waals surface area contributed by atoms with Crippen LogP contribution in [0.2, 0.25) is 0 Å². The van der Waals surface area contributed by atoms with Crippen LogP contribution < -0.4 is 10.6 Å². The first-order valence-corrected chi connectivity index (χ1v) is 9.97. The van der Waals surface area contributed by atoms with E-state index in [2.05, 4.69) is 25.3 Å². The second kappa shape index (κ2) is 7.70. The first kappa shape index (κ1) is 18.8. The molecule has 1 aromatic carbocycles. The summed E-state index contributed by atoms with van der Waals surface area (Å²) in [5.41, 5.74) is 1.20. The van der Waals surface area contributed by atoms with E-state index in [1.54, 1.807) is 24.3 Å². The zero-order chi connectivity index (χ0) is 19.4. The Morgan fingerprint density at radius 2 is 1.93 bits per heavy atom. The highest BCUT2D eigenvalue weighted by Crippen LogP contribution is 2.16. The first-order valence-electron chi connectivity index (χ1n) is 8.15. The molecule has 1 saturated heterocycles. The van der Waals surface area contributed by atoms with Crippen LogP contribution in [-0.4, -0.2) is 54.9 Å². The van der Waals surface area contributed by atoms with E-state index in [-0.39, 0.29) is 29.1 Å². The van der Waals surface area contributed by atoms with Gasteiger partial charge in [0.25, 0.3) is 5.91 Å².